The van der Waals surface area contributed by atoms with Crippen LogP contribution in [0, 0.1) is 5.92 Å². The molecule has 0 aromatic heterocycles. The summed E-state index contributed by atoms with van der Waals surface area (Å²) in [6, 6.07) is 5.19. The molecule has 1 aromatic rings. The van der Waals surface area contributed by atoms with E-state index in [4.69, 9.17) is 9.47 Å². The Bertz CT molecular complexity index is 851. The first-order valence-corrected chi connectivity index (χ1v) is 11.3. The van der Waals surface area contributed by atoms with E-state index in [9.17, 15) is 18.0 Å². The first-order chi connectivity index (χ1) is 13.5. The quantitative estimate of drug-likeness (QED) is 0.627. The summed E-state index contributed by atoms with van der Waals surface area (Å²) in [6.07, 6.45) is -0.656. The number of ether oxygens (including phenoxy) is 2. The number of nitrogens with one attached hydrogen (secondary N) is 2. The number of carbonyl (C=O) groups is 2. The zero-order valence-electron chi connectivity index (χ0n) is 19.0. The number of carbonyl (C=O) groups excluding carboxylic acids is 2. The van der Waals surface area contributed by atoms with Gasteiger partial charge in [-0.25, -0.2) is 13.2 Å². The Balaban J connectivity index is 3.06. The Kier molecular flexibility index (Phi) is 8.45. The van der Waals surface area contributed by atoms with Gasteiger partial charge in [-0.15, -0.1) is 0 Å². The first-order valence-electron chi connectivity index (χ1n) is 9.82. The summed E-state index contributed by atoms with van der Waals surface area (Å²) in [5.41, 5.74) is -1.05. The molecule has 0 fully saturated rings. The van der Waals surface area contributed by atoms with Crippen LogP contribution in [0.5, 0.6) is 0 Å². The predicted octanol–water partition coefficient (Wildman–Crippen LogP) is 3.36. The monoisotopic (exact) mass is 442 g/mol. The highest BCUT2D eigenvalue weighted by atomic mass is 32.2. The lowest BCUT2D eigenvalue weighted by Crippen LogP contribution is -2.47. The molecule has 0 spiro atoms. The van der Waals surface area contributed by atoms with E-state index in [1.165, 1.54) is 6.07 Å². The molecule has 170 valence electrons. The molecule has 0 saturated heterocycles. The van der Waals surface area contributed by atoms with Crippen LogP contribution in [0.2, 0.25) is 0 Å². The first kappa shape index (κ1) is 25.9. The Morgan fingerprint density at radius 3 is 2.00 bits per heavy atom. The van der Waals surface area contributed by atoms with Gasteiger partial charge in [-0.2, -0.15) is 4.72 Å². The van der Waals surface area contributed by atoms with E-state index in [1.54, 1.807) is 73.6 Å². The Hall–Kier alpha value is -2.13. The fraction of sp³-hybridized carbons (Fsp3) is 0.619. The second-order valence-electron chi connectivity index (χ2n) is 9.34. The van der Waals surface area contributed by atoms with E-state index in [2.05, 4.69) is 10.0 Å². The Labute approximate surface area is 179 Å². The molecule has 0 unspecified atom stereocenters. The molecule has 1 atom stereocenters. The van der Waals surface area contributed by atoms with E-state index < -0.39 is 39.3 Å². The standard InChI is InChI=1S/C21H34N2O6S/c1-14(2)17(18(24)28-20(3,4)5)23-30(26,27)16-12-10-9-11-15(16)13-22-19(25)29-21(6,7)8/h9-12,14,17,23H,13H2,1-8H3,(H,22,25)/t17-/m1/s1. The lowest BCUT2D eigenvalue weighted by Gasteiger charge is -2.26. The van der Waals surface area contributed by atoms with Crippen molar-refractivity contribution in [3.8, 4) is 0 Å². The Morgan fingerprint density at radius 1 is 0.967 bits per heavy atom. The molecule has 9 heteroatoms. The normalized spacial score (nSPS) is 13.6. The molecular weight excluding hydrogens is 408 g/mol. The Morgan fingerprint density at radius 2 is 1.50 bits per heavy atom. The van der Waals surface area contributed by atoms with Crippen LogP contribution in [-0.2, 0) is 30.8 Å². The molecule has 0 bridgehead atoms. The van der Waals surface area contributed by atoms with E-state index in [-0.39, 0.29) is 17.4 Å². The maximum absolute atomic E-state index is 13.0. The molecule has 0 saturated carbocycles. The van der Waals surface area contributed by atoms with Gasteiger partial charge in [0.25, 0.3) is 0 Å². The molecule has 30 heavy (non-hydrogen) atoms. The van der Waals surface area contributed by atoms with Gasteiger partial charge in [-0.05, 0) is 59.1 Å². The van der Waals surface area contributed by atoms with Gasteiger partial charge in [0.05, 0.1) is 4.90 Å². The summed E-state index contributed by atoms with van der Waals surface area (Å²) in [6.45, 7) is 13.8. The fourth-order valence-corrected chi connectivity index (χ4v) is 4.02. The number of esters is 1. The number of sulfonamides is 1. The van der Waals surface area contributed by atoms with Crippen LogP contribution in [0.15, 0.2) is 29.2 Å². The maximum atomic E-state index is 13.0. The SMILES string of the molecule is CC(C)[C@@H](NS(=O)(=O)c1ccccc1CNC(=O)OC(C)(C)C)C(=O)OC(C)(C)C. The van der Waals surface area contributed by atoms with Gasteiger partial charge >= 0.3 is 12.1 Å². The third-order valence-electron chi connectivity index (χ3n) is 3.69. The molecule has 0 aliphatic carbocycles. The van der Waals surface area contributed by atoms with Gasteiger partial charge in [0.2, 0.25) is 10.0 Å². The second-order valence-corrected chi connectivity index (χ2v) is 11.0. The molecule has 2 N–H and O–H groups in total. The molecule has 1 aromatic carbocycles. The van der Waals surface area contributed by atoms with Gasteiger partial charge in [-0.1, -0.05) is 32.0 Å². The van der Waals surface area contributed by atoms with Crippen molar-refractivity contribution in [3.05, 3.63) is 29.8 Å². The molecule has 0 heterocycles. The third kappa shape index (κ3) is 8.71. The third-order valence-corrected chi connectivity index (χ3v) is 5.24. The smallest absolute Gasteiger partial charge is 0.407 e. The van der Waals surface area contributed by atoms with Crippen molar-refractivity contribution in [2.24, 2.45) is 5.92 Å². The average molecular weight is 443 g/mol. The molecule has 8 nitrogen and oxygen atoms in total. The highest BCUT2D eigenvalue weighted by molar-refractivity contribution is 7.89. The molecule has 0 aliphatic heterocycles. The van der Waals surface area contributed by atoms with E-state index in [0.29, 0.717) is 5.56 Å². The number of hydrogen-bond acceptors (Lipinski definition) is 6. The summed E-state index contributed by atoms with van der Waals surface area (Å²) in [5, 5.41) is 2.55. The van der Waals surface area contributed by atoms with Crippen molar-refractivity contribution in [1.82, 2.24) is 10.0 Å². The molecular formula is C21H34N2O6S. The van der Waals surface area contributed by atoms with Crippen molar-refractivity contribution in [1.29, 1.82) is 0 Å². The van der Waals surface area contributed by atoms with E-state index >= 15 is 0 Å². The zero-order chi connectivity index (χ0) is 23.3. The van der Waals surface area contributed by atoms with Crippen molar-refractivity contribution in [2.45, 2.75) is 84.1 Å². The highest BCUT2D eigenvalue weighted by Crippen LogP contribution is 2.19. The minimum Gasteiger partial charge on any atom is -0.459 e. The van der Waals surface area contributed by atoms with Gasteiger partial charge in [0.15, 0.2) is 0 Å². The minimum absolute atomic E-state index is 0.0322. The van der Waals surface area contributed by atoms with Crippen molar-refractivity contribution in [2.75, 3.05) is 0 Å². The van der Waals surface area contributed by atoms with Crippen LogP contribution >= 0.6 is 0 Å². The van der Waals surface area contributed by atoms with Crippen molar-refractivity contribution in [3.63, 3.8) is 0 Å². The number of alkyl carbamates (subject to hydrolysis) is 1. The van der Waals surface area contributed by atoms with Crippen molar-refractivity contribution >= 4 is 22.1 Å². The molecule has 0 radical (unpaired) electrons. The van der Waals surface area contributed by atoms with Crippen LogP contribution in [0.1, 0.15) is 61.0 Å². The number of amides is 1. The summed E-state index contributed by atoms with van der Waals surface area (Å²) >= 11 is 0. The van der Waals surface area contributed by atoms with Crippen LogP contribution in [0.4, 0.5) is 4.79 Å². The predicted molar refractivity (Wildman–Crippen MR) is 114 cm³/mol. The zero-order valence-corrected chi connectivity index (χ0v) is 19.8. The average Bonchev–Trinajstić information content (AvgIpc) is 2.54. The summed E-state index contributed by atoms with van der Waals surface area (Å²) in [5.74, 6) is -0.980. The maximum Gasteiger partial charge on any atom is 0.407 e. The van der Waals surface area contributed by atoms with Gasteiger partial charge in [-0.3, -0.25) is 4.79 Å². The van der Waals surface area contributed by atoms with Crippen molar-refractivity contribution < 1.29 is 27.5 Å². The van der Waals surface area contributed by atoms with Gasteiger partial charge in [0.1, 0.15) is 17.2 Å². The van der Waals surface area contributed by atoms with Gasteiger partial charge in [0, 0.05) is 6.54 Å². The van der Waals surface area contributed by atoms with Gasteiger partial charge < -0.3 is 14.8 Å². The van der Waals surface area contributed by atoms with Crippen LogP contribution < -0.4 is 10.0 Å². The molecule has 1 amide bonds. The largest absolute Gasteiger partial charge is 0.459 e. The minimum atomic E-state index is -4.06. The lowest BCUT2D eigenvalue weighted by atomic mass is 10.1. The molecule has 1 rings (SSSR count). The highest BCUT2D eigenvalue weighted by Gasteiger charge is 2.33. The van der Waals surface area contributed by atoms with Crippen LogP contribution in [0.3, 0.4) is 0 Å². The molecule has 0 aliphatic rings. The van der Waals surface area contributed by atoms with E-state index in [1.807, 2.05) is 0 Å². The second kappa shape index (κ2) is 9.78. The topological polar surface area (TPSA) is 111 Å². The summed E-state index contributed by atoms with van der Waals surface area (Å²) in [4.78, 5) is 24.4. The fourth-order valence-electron chi connectivity index (χ4n) is 2.45. The van der Waals surface area contributed by atoms with Crippen LogP contribution in [0.25, 0.3) is 0 Å². The van der Waals surface area contributed by atoms with E-state index in [0.717, 1.165) is 0 Å². The summed E-state index contributed by atoms with van der Waals surface area (Å²) < 4.78 is 39.1. The summed E-state index contributed by atoms with van der Waals surface area (Å²) in [7, 11) is -4.06. The lowest BCUT2D eigenvalue weighted by molar-refractivity contribution is -0.158. The van der Waals surface area contributed by atoms with Crippen LogP contribution in [-0.4, -0.2) is 37.7 Å². The number of benzene rings is 1. The number of hydrogen-bond donors (Lipinski definition) is 2. The number of rotatable bonds is 7.